The van der Waals surface area contributed by atoms with Crippen molar-refractivity contribution in [2.45, 2.75) is 38.7 Å². The van der Waals surface area contributed by atoms with E-state index in [1.807, 2.05) is 13.0 Å². The molecule has 1 aliphatic rings. The van der Waals surface area contributed by atoms with Crippen molar-refractivity contribution in [3.63, 3.8) is 0 Å². The van der Waals surface area contributed by atoms with Gasteiger partial charge in [-0.3, -0.25) is 0 Å². The van der Waals surface area contributed by atoms with Crippen LogP contribution in [0.25, 0.3) is 0 Å². The molecule has 0 spiro atoms. The summed E-state index contributed by atoms with van der Waals surface area (Å²) in [6, 6.07) is 4.08. The van der Waals surface area contributed by atoms with Crippen molar-refractivity contribution in [3.05, 3.63) is 28.3 Å². The molecule has 16 heavy (non-hydrogen) atoms. The van der Waals surface area contributed by atoms with Crippen molar-refractivity contribution < 1.29 is 4.74 Å². The molecule has 1 fully saturated rings. The average molecular weight is 240 g/mol. The molecular weight excluding hydrogens is 222 g/mol. The van der Waals surface area contributed by atoms with E-state index in [1.165, 1.54) is 0 Å². The molecule has 0 aromatic heterocycles. The fourth-order valence-corrected chi connectivity index (χ4v) is 2.05. The number of nitrogens with two attached hydrogens (primary N) is 1. The predicted molar refractivity (Wildman–Crippen MR) is 67.3 cm³/mol. The summed E-state index contributed by atoms with van der Waals surface area (Å²) >= 11 is 6.24. The van der Waals surface area contributed by atoms with Crippen LogP contribution in [0, 0.1) is 6.92 Å². The second kappa shape index (κ2) is 4.64. The molecule has 1 saturated carbocycles. The number of aryl methyl sites for hydroxylation is 1. The molecule has 88 valence electrons. The Morgan fingerprint density at radius 2 is 2.19 bits per heavy atom. The van der Waals surface area contributed by atoms with Gasteiger partial charge in [-0.2, -0.15) is 0 Å². The molecule has 2 nitrogen and oxygen atoms in total. The lowest BCUT2D eigenvalue weighted by molar-refractivity contribution is 0.298. The molecule has 0 saturated heterocycles. The Bertz CT molecular complexity index is 388. The first-order chi connectivity index (χ1) is 7.61. The largest absolute Gasteiger partial charge is 0.489 e. The van der Waals surface area contributed by atoms with Crippen molar-refractivity contribution in [1.82, 2.24) is 0 Å². The molecule has 3 heteroatoms. The normalized spacial score (nSPS) is 17.2. The third kappa shape index (κ3) is 2.50. The van der Waals surface area contributed by atoms with Crippen molar-refractivity contribution in [2.24, 2.45) is 5.73 Å². The van der Waals surface area contributed by atoms with Crippen LogP contribution in [-0.4, -0.2) is 12.6 Å². The summed E-state index contributed by atoms with van der Waals surface area (Å²) in [5.74, 6) is 1.12. The minimum atomic E-state index is 0.283. The highest BCUT2D eigenvalue weighted by Crippen LogP contribution is 2.38. The Kier molecular flexibility index (Phi) is 3.41. The second-order valence-corrected chi connectivity index (χ2v) is 5.03. The number of hydrogen-bond donors (Lipinski definition) is 1. The van der Waals surface area contributed by atoms with E-state index in [2.05, 4.69) is 13.0 Å². The molecular formula is C13H18ClNO. The minimum absolute atomic E-state index is 0.283. The summed E-state index contributed by atoms with van der Waals surface area (Å²) in [7, 11) is 0. The monoisotopic (exact) mass is 239 g/mol. The molecule has 1 aromatic carbocycles. The van der Waals surface area contributed by atoms with Gasteiger partial charge in [-0.25, -0.2) is 0 Å². The van der Waals surface area contributed by atoms with Crippen LogP contribution in [0.2, 0.25) is 5.02 Å². The highest BCUT2D eigenvalue weighted by atomic mass is 35.5. The van der Waals surface area contributed by atoms with Crippen LogP contribution >= 0.6 is 11.6 Å². The maximum atomic E-state index is 6.24. The van der Waals surface area contributed by atoms with Gasteiger partial charge in [0.05, 0.1) is 11.1 Å². The standard InChI is InChI=1S/C13H18ClNO/c1-8-5-11(9(2)7-15)13(12(14)6-8)16-10-3-4-10/h5-6,9-10H,3-4,7,15H2,1-2H3. The van der Waals surface area contributed by atoms with Crippen LogP contribution in [0.15, 0.2) is 12.1 Å². The Morgan fingerprint density at radius 1 is 1.50 bits per heavy atom. The van der Waals surface area contributed by atoms with Gasteiger partial charge in [-0.1, -0.05) is 24.6 Å². The molecule has 0 heterocycles. The average Bonchev–Trinajstić information content (AvgIpc) is 3.04. The Morgan fingerprint density at radius 3 is 2.75 bits per heavy atom. The number of rotatable bonds is 4. The van der Waals surface area contributed by atoms with Crippen molar-refractivity contribution in [2.75, 3.05) is 6.54 Å². The molecule has 1 atom stereocenters. The summed E-state index contributed by atoms with van der Waals surface area (Å²) in [4.78, 5) is 0. The highest BCUT2D eigenvalue weighted by molar-refractivity contribution is 6.32. The van der Waals surface area contributed by atoms with E-state index in [0.717, 1.165) is 29.7 Å². The second-order valence-electron chi connectivity index (χ2n) is 4.62. The zero-order valence-corrected chi connectivity index (χ0v) is 10.6. The predicted octanol–water partition coefficient (Wildman–Crippen LogP) is 3.25. The first kappa shape index (κ1) is 11.7. The van der Waals surface area contributed by atoms with Crippen LogP contribution in [0.1, 0.15) is 36.8 Å². The Hall–Kier alpha value is -0.730. The van der Waals surface area contributed by atoms with Gasteiger partial charge in [0.2, 0.25) is 0 Å². The van der Waals surface area contributed by atoms with Crippen LogP contribution in [-0.2, 0) is 0 Å². The lowest BCUT2D eigenvalue weighted by atomic mass is 9.98. The van der Waals surface area contributed by atoms with E-state index in [-0.39, 0.29) is 5.92 Å². The smallest absolute Gasteiger partial charge is 0.141 e. The summed E-state index contributed by atoms with van der Waals surface area (Å²) in [6.07, 6.45) is 2.64. The number of ether oxygens (including phenoxy) is 1. The van der Waals surface area contributed by atoms with Gasteiger partial charge < -0.3 is 10.5 Å². The lowest BCUT2D eigenvalue weighted by Gasteiger charge is -2.17. The van der Waals surface area contributed by atoms with Crippen LogP contribution in [0.5, 0.6) is 5.75 Å². The molecule has 2 rings (SSSR count). The molecule has 0 aliphatic heterocycles. The zero-order valence-electron chi connectivity index (χ0n) is 9.79. The lowest BCUT2D eigenvalue weighted by Crippen LogP contribution is -2.11. The maximum Gasteiger partial charge on any atom is 0.141 e. The number of benzene rings is 1. The first-order valence-electron chi connectivity index (χ1n) is 5.78. The van der Waals surface area contributed by atoms with E-state index in [9.17, 15) is 0 Å². The molecule has 2 N–H and O–H groups in total. The van der Waals surface area contributed by atoms with Gasteiger partial charge >= 0.3 is 0 Å². The fourth-order valence-electron chi connectivity index (χ4n) is 1.73. The third-order valence-corrected chi connectivity index (χ3v) is 3.19. The molecule has 1 aromatic rings. The van der Waals surface area contributed by atoms with Crippen molar-refractivity contribution in [3.8, 4) is 5.75 Å². The Labute approximate surface area is 102 Å². The molecule has 1 unspecified atom stereocenters. The zero-order chi connectivity index (χ0) is 11.7. The summed E-state index contributed by atoms with van der Waals surface area (Å²) < 4.78 is 5.88. The van der Waals surface area contributed by atoms with Gasteiger partial charge in [-0.05, 0) is 43.9 Å². The van der Waals surface area contributed by atoms with E-state index in [4.69, 9.17) is 22.1 Å². The van der Waals surface area contributed by atoms with Gasteiger partial charge in [0.1, 0.15) is 5.75 Å². The molecule has 0 radical (unpaired) electrons. The van der Waals surface area contributed by atoms with Crippen LogP contribution in [0.4, 0.5) is 0 Å². The highest BCUT2D eigenvalue weighted by Gasteiger charge is 2.26. The third-order valence-electron chi connectivity index (χ3n) is 2.91. The van der Waals surface area contributed by atoms with E-state index >= 15 is 0 Å². The molecule has 0 bridgehead atoms. The van der Waals surface area contributed by atoms with Crippen LogP contribution < -0.4 is 10.5 Å². The SMILES string of the molecule is Cc1cc(Cl)c(OC2CC2)c(C(C)CN)c1. The van der Waals surface area contributed by atoms with Gasteiger partial charge in [0, 0.05) is 5.56 Å². The van der Waals surface area contributed by atoms with Crippen LogP contribution in [0.3, 0.4) is 0 Å². The summed E-state index contributed by atoms with van der Waals surface area (Å²) in [5, 5.41) is 0.710. The molecule has 0 amide bonds. The topological polar surface area (TPSA) is 35.2 Å². The van der Waals surface area contributed by atoms with E-state index in [0.29, 0.717) is 17.7 Å². The minimum Gasteiger partial charge on any atom is -0.489 e. The Balaban J connectivity index is 2.36. The van der Waals surface area contributed by atoms with Crippen molar-refractivity contribution >= 4 is 11.6 Å². The molecule has 1 aliphatic carbocycles. The van der Waals surface area contributed by atoms with Gasteiger partial charge in [0.15, 0.2) is 0 Å². The number of halogens is 1. The quantitative estimate of drug-likeness (QED) is 0.876. The van der Waals surface area contributed by atoms with Gasteiger partial charge in [0.25, 0.3) is 0 Å². The fraction of sp³-hybridized carbons (Fsp3) is 0.538. The first-order valence-corrected chi connectivity index (χ1v) is 6.16. The van der Waals surface area contributed by atoms with E-state index < -0.39 is 0 Å². The summed E-state index contributed by atoms with van der Waals surface area (Å²) in [6.45, 7) is 4.76. The van der Waals surface area contributed by atoms with E-state index in [1.54, 1.807) is 0 Å². The summed E-state index contributed by atoms with van der Waals surface area (Å²) in [5.41, 5.74) is 8.02. The number of hydrogen-bond acceptors (Lipinski definition) is 2. The maximum absolute atomic E-state index is 6.24. The van der Waals surface area contributed by atoms with Crippen molar-refractivity contribution in [1.29, 1.82) is 0 Å². The van der Waals surface area contributed by atoms with Gasteiger partial charge in [-0.15, -0.1) is 0 Å².